The summed E-state index contributed by atoms with van der Waals surface area (Å²) in [4.78, 5) is 2.77. The monoisotopic (exact) mass is 124 g/mol. The van der Waals surface area contributed by atoms with Crippen LogP contribution >= 0.6 is 0 Å². The Hall–Kier alpha value is -1.12. The Kier molecular flexibility index (Phi) is 0.886. The third-order valence-electron chi connectivity index (χ3n) is 1.20. The van der Waals surface area contributed by atoms with Crippen molar-refractivity contribution in [3.05, 3.63) is 12.4 Å². The number of hydrogen-bond acceptors (Lipinski definition) is 2. The third-order valence-corrected chi connectivity index (χ3v) is 1.20. The predicted octanol–water partition coefficient (Wildman–Crippen LogP) is 0.586. The Morgan fingerprint density at radius 1 is 1.44 bits per heavy atom. The molecule has 2 rings (SSSR count). The largest absolute Gasteiger partial charge is 0.485 e. The van der Waals surface area contributed by atoms with Crippen LogP contribution in [0.1, 0.15) is 0 Å². The Labute approximate surface area is 52.6 Å². The van der Waals surface area contributed by atoms with Crippen molar-refractivity contribution in [2.75, 3.05) is 13.2 Å². The molecule has 47 valence electrons. The van der Waals surface area contributed by atoms with Gasteiger partial charge in [0.15, 0.2) is 11.5 Å². The average Bonchev–Trinajstić information content (AvgIpc) is 2.33. The van der Waals surface area contributed by atoms with E-state index in [0.717, 1.165) is 5.75 Å². The molecule has 1 aromatic heterocycles. The van der Waals surface area contributed by atoms with Gasteiger partial charge in [0.05, 0.1) is 0 Å². The maximum atomic E-state index is 5.18. The van der Waals surface area contributed by atoms with Crippen LogP contribution in [-0.2, 0) is 0 Å². The molecule has 1 aromatic rings. The van der Waals surface area contributed by atoms with E-state index in [1.165, 1.54) is 0 Å². The predicted molar refractivity (Wildman–Crippen MR) is 30.6 cm³/mol. The fourth-order valence-corrected chi connectivity index (χ4v) is 0.804. The molecular formula is C6H6NO2. The van der Waals surface area contributed by atoms with Crippen LogP contribution in [0.5, 0.6) is 11.5 Å². The molecule has 0 aliphatic carbocycles. The van der Waals surface area contributed by atoms with Crippen LogP contribution in [0.4, 0.5) is 0 Å². The van der Waals surface area contributed by atoms with Gasteiger partial charge >= 0.3 is 0 Å². The standard InChI is InChI=1S/C6H6NO2/c1-2-9-6-4-7-3-5(6)8-1/h3,7H,1-2H2. The summed E-state index contributed by atoms with van der Waals surface area (Å²) in [5.74, 6) is 1.46. The number of aromatic nitrogens is 1. The van der Waals surface area contributed by atoms with Crippen LogP contribution in [0.15, 0.2) is 6.20 Å². The van der Waals surface area contributed by atoms with Crippen molar-refractivity contribution in [2.45, 2.75) is 0 Å². The summed E-state index contributed by atoms with van der Waals surface area (Å²) in [5, 5.41) is 0. The summed E-state index contributed by atoms with van der Waals surface area (Å²) in [7, 11) is 0. The van der Waals surface area contributed by atoms with Crippen LogP contribution in [0.2, 0.25) is 0 Å². The lowest BCUT2D eigenvalue weighted by Gasteiger charge is -2.12. The lowest BCUT2D eigenvalue weighted by molar-refractivity contribution is 0.173. The lowest BCUT2D eigenvalue weighted by atomic mass is 10.5. The first-order valence-corrected chi connectivity index (χ1v) is 2.81. The molecular weight excluding hydrogens is 118 g/mol. The van der Waals surface area contributed by atoms with Crippen LogP contribution < -0.4 is 9.47 Å². The van der Waals surface area contributed by atoms with E-state index in [4.69, 9.17) is 9.47 Å². The van der Waals surface area contributed by atoms with Crippen LogP contribution in [0.25, 0.3) is 0 Å². The van der Waals surface area contributed by atoms with E-state index < -0.39 is 0 Å². The molecule has 0 spiro atoms. The SMILES string of the molecule is [c]1[nH]cc2c1OCCO2. The van der Waals surface area contributed by atoms with E-state index >= 15 is 0 Å². The minimum absolute atomic E-state index is 0.626. The number of fused-ring (bicyclic) bond motifs is 1. The fraction of sp³-hybridized carbons (Fsp3) is 0.333. The third kappa shape index (κ3) is 0.650. The second kappa shape index (κ2) is 1.69. The minimum Gasteiger partial charge on any atom is -0.485 e. The molecule has 1 aliphatic rings. The molecule has 0 saturated carbocycles. The molecule has 0 saturated heterocycles. The van der Waals surface area contributed by atoms with E-state index in [-0.39, 0.29) is 0 Å². The average molecular weight is 124 g/mol. The van der Waals surface area contributed by atoms with Gasteiger partial charge in [0.1, 0.15) is 19.4 Å². The van der Waals surface area contributed by atoms with E-state index in [2.05, 4.69) is 11.2 Å². The maximum Gasteiger partial charge on any atom is 0.188 e. The fourth-order valence-electron chi connectivity index (χ4n) is 0.804. The van der Waals surface area contributed by atoms with Gasteiger partial charge in [0, 0.05) is 6.20 Å². The van der Waals surface area contributed by atoms with Gasteiger partial charge in [-0.15, -0.1) is 0 Å². The van der Waals surface area contributed by atoms with Crippen molar-refractivity contribution in [2.24, 2.45) is 0 Å². The van der Waals surface area contributed by atoms with Gasteiger partial charge in [-0.05, 0) is 0 Å². The van der Waals surface area contributed by atoms with Gasteiger partial charge in [0.25, 0.3) is 0 Å². The van der Waals surface area contributed by atoms with Crippen LogP contribution in [-0.4, -0.2) is 18.2 Å². The summed E-state index contributed by atoms with van der Waals surface area (Å²) in [6.07, 6.45) is 4.52. The first kappa shape index (κ1) is 4.73. The lowest BCUT2D eigenvalue weighted by Crippen LogP contribution is -2.13. The second-order valence-corrected chi connectivity index (χ2v) is 1.80. The zero-order valence-electron chi connectivity index (χ0n) is 4.81. The zero-order chi connectivity index (χ0) is 6.10. The van der Waals surface area contributed by atoms with Crippen molar-refractivity contribution in [3.8, 4) is 11.5 Å². The highest BCUT2D eigenvalue weighted by Gasteiger charge is 2.10. The number of nitrogens with one attached hydrogen (secondary N) is 1. The highest BCUT2D eigenvalue weighted by atomic mass is 16.6. The Bertz CT molecular complexity index is 186. The Balaban J connectivity index is 2.39. The topological polar surface area (TPSA) is 34.2 Å². The number of ether oxygens (including phenoxy) is 2. The second-order valence-electron chi connectivity index (χ2n) is 1.80. The maximum absolute atomic E-state index is 5.18. The highest BCUT2D eigenvalue weighted by Crippen LogP contribution is 2.27. The van der Waals surface area contributed by atoms with Crippen LogP contribution in [0.3, 0.4) is 0 Å². The van der Waals surface area contributed by atoms with E-state index in [9.17, 15) is 0 Å². The van der Waals surface area contributed by atoms with Crippen molar-refractivity contribution in [3.63, 3.8) is 0 Å². The molecule has 0 fully saturated rings. The first-order valence-electron chi connectivity index (χ1n) is 2.81. The first-order chi connectivity index (χ1) is 4.47. The van der Waals surface area contributed by atoms with Crippen molar-refractivity contribution in [1.29, 1.82) is 0 Å². The molecule has 1 aliphatic heterocycles. The van der Waals surface area contributed by atoms with Gasteiger partial charge < -0.3 is 14.5 Å². The molecule has 3 heteroatoms. The zero-order valence-corrected chi connectivity index (χ0v) is 4.81. The Morgan fingerprint density at radius 3 is 3.22 bits per heavy atom. The van der Waals surface area contributed by atoms with Gasteiger partial charge in [0.2, 0.25) is 0 Å². The minimum atomic E-state index is 0.626. The number of rotatable bonds is 0. The molecule has 2 heterocycles. The number of aromatic amines is 1. The molecule has 3 nitrogen and oxygen atoms in total. The molecule has 1 N–H and O–H groups in total. The molecule has 0 amide bonds. The molecule has 1 radical (unpaired) electrons. The summed E-state index contributed by atoms with van der Waals surface area (Å²) < 4.78 is 10.3. The van der Waals surface area contributed by atoms with Gasteiger partial charge in [-0.25, -0.2) is 0 Å². The summed E-state index contributed by atoms with van der Waals surface area (Å²) in [5.41, 5.74) is 0. The van der Waals surface area contributed by atoms with Gasteiger partial charge in [-0.2, -0.15) is 0 Å². The number of H-pyrrole nitrogens is 1. The summed E-state index contributed by atoms with van der Waals surface area (Å²) >= 11 is 0. The van der Waals surface area contributed by atoms with E-state index in [1.54, 1.807) is 6.20 Å². The van der Waals surface area contributed by atoms with Crippen molar-refractivity contribution < 1.29 is 9.47 Å². The summed E-state index contributed by atoms with van der Waals surface area (Å²) in [6.45, 7) is 1.26. The van der Waals surface area contributed by atoms with E-state index in [0.29, 0.717) is 19.0 Å². The van der Waals surface area contributed by atoms with E-state index in [1.807, 2.05) is 0 Å². The van der Waals surface area contributed by atoms with Crippen molar-refractivity contribution in [1.82, 2.24) is 4.98 Å². The smallest absolute Gasteiger partial charge is 0.188 e. The molecule has 9 heavy (non-hydrogen) atoms. The van der Waals surface area contributed by atoms with Gasteiger partial charge in [-0.3, -0.25) is 0 Å². The van der Waals surface area contributed by atoms with Gasteiger partial charge in [-0.1, -0.05) is 0 Å². The molecule has 0 bridgehead atoms. The molecule has 0 unspecified atom stereocenters. The molecule has 0 aromatic carbocycles. The quantitative estimate of drug-likeness (QED) is 0.549. The Morgan fingerprint density at radius 2 is 2.33 bits per heavy atom. The highest BCUT2D eigenvalue weighted by molar-refractivity contribution is 5.36. The van der Waals surface area contributed by atoms with Crippen LogP contribution in [0, 0.1) is 6.20 Å². The normalized spacial score (nSPS) is 15.6. The molecule has 0 atom stereocenters. The number of hydrogen-bond donors (Lipinski definition) is 1. The van der Waals surface area contributed by atoms with Crippen molar-refractivity contribution >= 4 is 0 Å². The summed E-state index contributed by atoms with van der Waals surface area (Å²) in [6, 6.07) is 0.